The van der Waals surface area contributed by atoms with Crippen LogP contribution in [0.25, 0.3) is 5.65 Å². The van der Waals surface area contributed by atoms with E-state index in [9.17, 15) is 9.18 Å². The van der Waals surface area contributed by atoms with Crippen molar-refractivity contribution in [3.8, 4) is 0 Å². The lowest BCUT2D eigenvalue weighted by atomic mass is 10.1. The zero-order valence-electron chi connectivity index (χ0n) is 16.0. The van der Waals surface area contributed by atoms with Crippen LogP contribution in [0.1, 0.15) is 29.1 Å². The first-order valence-electron chi connectivity index (χ1n) is 9.36. The van der Waals surface area contributed by atoms with Crippen LogP contribution < -0.4 is 10.2 Å². The van der Waals surface area contributed by atoms with Gasteiger partial charge in [-0.15, -0.1) is 10.2 Å². The van der Waals surface area contributed by atoms with Crippen molar-refractivity contribution in [2.45, 2.75) is 13.0 Å². The number of benzene rings is 1. The Hall–Kier alpha value is -3.00. The quantitative estimate of drug-likeness (QED) is 0.749. The number of likely N-dealkylation sites (N-methyl/N-ethyl adjacent to an activating group) is 1. The van der Waals surface area contributed by atoms with Crippen LogP contribution in [-0.4, -0.2) is 58.6 Å². The molecule has 8 heteroatoms. The normalized spacial score (nSPS) is 16.3. The van der Waals surface area contributed by atoms with Crippen LogP contribution >= 0.6 is 0 Å². The molecule has 4 rings (SSSR count). The number of rotatable bonds is 4. The molecule has 1 N–H and O–H groups in total. The second-order valence-corrected chi connectivity index (χ2v) is 7.15. The molecule has 0 saturated carbocycles. The predicted molar refractivity (Wildman–Crippen MR) is 105 cm³/mol. The monoisotopic (exact) mass is 382 g/mol. The number of amides is 1. The van der Waals surface area contributed by atoms with Gasteiger partial charge in [0.15, 0.2) is 11.5 Å². The van der Waals surface area contributed by atoms with E-state index < -0.39 is 11.7 Å². The molecule has 1 aromatic carbocycles. The summed E-state index contributed by atoms with van der Waals surface area (Å²) in [6, 6.07) is 10.8. The van der Waals surface area contributed by atoms with Crippen molar-refractivity contribution in [2.75, 3.05) is 38.1 Å². The third-order valence-electron chi connectivity index (χ3n) is 5.20. The molecule has 1 saturated heterocycles. The van der Waals surface area contributed by atoms with Gasteiger partial charge in [-0.05, 0) is 43.8 Å². The molecule has 0 aliphatic carbocycles. The molecule has 0 spiro atoms. The maximum Gasteiger partial charge on any atom is 0.290 e. The lowest BCUT2D eigenvalue weighted by Crippen LogP contribution is -2.44. The number of piperazine rings is 1. The molecule has 1 unspecified atom stereocenters. The molecule has 1 aliphatic rings. The number of fused-ring (bicyclic) bond motifs is 1. The second kappa shape index (κ2) is 7.55. The van der Waals surface area contributed by atoms with Gasteiger partial charge in [-0.1, -0.05) is 12.1 Å². The van der Waals surface area contributed by atoms with E-state index in [4.69, 9.17) is 0 Å². The van der Waals surface area contributed by atoms with Gasteiger partial charge < -0.3 is 15.1 Å². The SMILES string of the molecule is CC(NC(=O)c1nnc2c(F)cccn12)c1ccc(N2CCN(C)CC2)cc1. The Morgan fingerprint density at radius 1 is 1.11 bits per heavy atom. The van der Waals surface area contributed by atoms with Crippen LogP contribution in [0.4, 0.5) is 10.1 Å². The van der Waals surface area contributed by atoms with Gasteiger partial charge in [-0.2, -0.15) is 0 Å². The van der Waals surface area contributed by atoms with E-state index in [0.717, 1.165) is 31.7 Å². The van der Waals surface area contributed by atoms with E-state index in [1.54, 1.807) is 6.20 Å². The largest absolute Gasteiger partial charge is 0.369 e. The molecule has 3 heterocycles. The van der Waals surface area contributed by atoms with Crippen LogP contribution in [-0.2, 0) is 0 Å². The van der Waals surface area contributed by atoms with E-state index in [0.29, 0.717) is 0 Å². The van der Waals surface area contributed by atoms with Crippen molar-refractivity contribution in [3.63, 3.8) is 0 Å². The highest BCUT2D eigenvalue weighted by Crippen LogP contribution is 2.21. The summed E-state index contributed by atoms with van der Waals surface area (Å²) in [5.74, 6) is -0.842. The lowest BCUT2D eigenvalue weighted by molar-refractivity contribution is 0.0928. The van der Waals surface area contributed by atoms with Crippen molar-refractivity contribution in [2.24, 2.45) is 0 Å². The molecule has 0 bridgehead atoms. The van der Waals surface area contributed by atoms with Crippen LogP contribution in [0.3, 0.4) is 0 Å². The average molecular weight is 382 g/mol. The molecule has 1 atom stereocenters. The number of halogens is 1. The number of hydrogen-bond acceptors (Lipinski definition) is 5. The van der Waals surface area contributed by atoms with Gasteiger partial charge in [0.1, 0.15) is 0 Å². The minimum absolute atomic E-state index is 0.0387. The van der Waals surface area contributed by atoms with Crippen molar-refractivity contribution in [1.82, 2.24) is 24.8 Å². The topological polar surface area (TPSA) is 65.8 Å². The first kappa shape index (κ1) is 18.4. The Morgan fingerprint density at radius 2 is 1.82 bits per heavy atom. The van der Waals surface area contributed by atoms with Crippen LogP contribution in [0, 0.1) is 5.82 Å². The molecule has 2 aromatic heterocycles. The number of aromatic nitrogens is 3. The van der Waals surface area contributed by atoms with Crippen molar-refractivity contribution >= 4 is 17.2 Å². The van der Waals surface area contributed by atoms with E-state index in [2.05, 4.69) is 44.5 Å². The fraction of sp³-hybridized carbons (Fsp3) is 0.350. The molecule has 1 fully saturated rings. The van der Waals surface area contributed by atoms with E-state index in [-0.39, 0.29) is 17.5 Å². The maximum absolute atomic E-state index is 13.7. The van der Waals surface area contributed by atoms with E-state index in [1.165, 1.54) is 22.2 Å². The summed E-state index contributed by atoms with van der Waals surface area (Å²) >= 11 is 0. The average Bonchev–Trinajstić information content (AvgIpc) is 3.14. The Balaban J connectivity index is 1.45. The smallest absolute Gasteiger partial charge is 0.290 e. The first-order chi connectivity index (χ1) is 13.5. The zero-order valence-corrected chi connectivity index (χ0v) is 16.0. The number of anilines is 1. The van der Waals surface area contributed by atoms with Gasteiger partial charge in [0.05, 0.1) is 6.04 Å². The van der Waals surface area contributed by atoms with E-state index in [1.807, 2.05) is 19.1 Å². The van der Waals surface area contributed by atoms with Gasteiger partial charge in [-0.3, -0.25) is 9.20 Å². The summed E-state index contributed by atoms with van der Waals surface area (Å²) in [6.07, 6.45) is 1.57. The van der Waals surface area contributed by atoms with Crippen molar-refractivity contribution in [1.29, 1.82) is 0 Å². The molecular formula is C20H23FN6O. The highest BCUT2D eigenvalue weighted by molar-refractivity contribution is 5.91. The zero-order chi connectivity index (χ0) is 19.7. The number of carbonyl (C=O) groups excluding carboxylic acids is 1. The Labute approximate surface area is 162 Å². The van der Waals surface area contributed by atoms with Crippen LogP contribution in [0.2, 0.25) is 0 Å². The van der Waals surface area contributed by atoms with Crippen molar-refractivity contribution in [3.05, 3.63) is 59.8 Å². The van der Waals surface area contributed by atoms with Crippen molar-refractivity contribution < 1.29 is 9.18 Å². The fourth-order valence-corrected chi connectivity index (χ4v) is 3.42. The molecule has 1 aliphatic heterocycles. The molecule has 28 heavy (non-hydrogen) atoms. The number of hydrogen-bond donors (Lipinski definition) is 1. The highest BCUT2D eigenvalue weighted by atomic mass is 19.1. The summed E-state index contributed by atoms with van der Waals surface area (Å²) in [5.41, 5.74) is 2.22. The summed E-state index contributed by atoms with van der Waals surface area (Å²) in [4.78, 5) is 17.3. The fourth-order valence-electron chi connectivity index (χ4n) is 3.42. The number of nitrogens with zero attached hydrogens (tertiary/aromatic N) is 5. The third kappa shape index (κ3) is 3.55. The Bertz CT molecular complexity index is 978. The summed E-state index contributed by atoms with van der Waals surface area (Å²) in [7, 11) is 2.14. The predicted octanol–water partition coefficient (Wildman–Crippen LogP) is 2.11. The number of nitrogens with one attached hydrogen (secondary N) is 1. The second-order valence-electron chi connectivity index (χ2n) is 7.15. The minimum Gasteiger partial charge on any atom is -0.369 e. The molecule has 146 valence electrons. The molecule has 0 radical (unpaired) electrons. The summed E-state index contributed by atoms with van der Waals surface area (Å²) < 4.78 is 15.1. The van der Waals surface area contributed by atoms with Gasteiger partial charge in [-0.25, -0.2) is 4.39 Å². The standard InChI is InChI=1S/C20H23FN6O/c1-14(15-5-7-16(8-6-15)26-12-10-25(2)11-13-26)22-20(28)19-24-23-18-17(21)4-3-9-27(18)19/h3-9,14H,10-13H2,1-2H3,(H,22,28). The molecule has 3 aromatic rings. The van der Waals surface area contributed by atoms with E-state index >= 15 is 0 Å². The number of carbonyl (C=O) groups is 1. The Kier molecular flexibility index (Phi) is 4.95. The van der Waals surface area contributed by atoms with Gasteiger partial charge in [0, 0.05) is 38.1 Å². The third-order valence-corrected chi connectivity index (χ3v) is 5.20. The number of pyridine rings is 1. The maximum atomic E-state index is 13.7. The summed E-state index contributed by atoms with van der Waals surface area (Å²) in [6.45, 7) is 6.05. The van der Waals surface area contributed by atoms with Crippen LogP contribution in [0.15, 0.2) is 42.6 Å². The van der Waals surface area contributed by atoms with Gasteiger partial charge >= 0.3 is 0 Å². The van der Waals surface area contributed by atoms with Crippen LogP contribution in [0.5, 0.6) is 0 Å². The molecular weight excluding hydrogens is 359 g/mol. The Morgan fingerprint density at radius 3 is 2.54 bits per heavy atom. The summed E-state index contributed by atoms with van der Waals surface area (Å²) in [5, 5.41) is 10.5. The molecule has 1 amide bonds. The molecule has 7 nitrogen and oxygen atoms in total. The minimum atomic E-state index is -0.512. The first-order valence-corrected chi connectivity index (χ1v) is 9.36. The lowest BCUT2D eigenvalue weighted by Gasteiger charge is -2.34. The van der Waals surface area contributed by atoms with Gasteiger partial charge in [0.25, 0.3) is 5.91 Å². The van der Waals surface area contributed by atoms with Gasteiger partial charge in [0.2, 0.25) is 5.82 Å². The highest BCUT2D eigenvalue weighted by Gasteiger charge is 2.19.